The third-order valence-corrected chi connectivity index (χ3v) is 3.62. The van der Waals surface area contributed by atoms with Gasteiger partial charge in [-0.25, -0.2) is 4.79 Å². The molecule has 1 aromatic heterocycles. The van der Waals surface area contributed by atoms with Gasteiger partial charge in [0.15, 0.2) is 0 Å². The van der Waals surface area contributed by atoms with Gasteiger partial charge in [-0.1, -0.05) is 6.07 Å². The van der Waals surface area contributed by atoms with Crippen LogP contribution in [0.25, 0.3) is 0 Å². The van der Waals surface area contributed by atoms with E-state index in [-0.39, 0.29) is 12.2 Å². The second kappa shape index (κ2) is 7.09. The summed E-state index contributed by atoms with van der Waals surface area (Å²) in [5, 5.41) is 0. The highest BCUT2D eigenvalue weighted by atomic mass is 16.6. The predicted molar refractivity (Wildman–Crippen MR) is 84.5 cm³/mol. The van der Waals surface area contributed by atoms with Gasteiger partial charge in [0.05, 0.1) is 18.4 Å². The summed E-state index contributed by atoms with van der Waals surface area (Å²) in [5.74, 6) is 0.360. The fourth-order valence-corrected chi connectivity index (χ4v) is 2.44. The van der Waals surface area contributed by atoms with Crippen molar-refractivity contribution in [2.45, 2.75) is 45.8 Å². The summed E-state index contributed by atoms with van der Waals surface area (Å²) in [5.41, 5.74) is 0.489. The number of hydrogen-bond acceptors (Lipinski definition) is 4. The first kappa shape index (κ1) is 16.7. The zero-order chi connectivity index (χ0) is 16.2. The molecule has 1 saturated heterocycles. The third-order valence-electron chi connectivity index (χ3n) is 3.62. The van der Waals surface area contributed by atoms with Crippen molar-refractivity contribution in [3.05, 3.63) is 30.1 Å². The minimum atomic E-state index is -0.445. The van der Waals surface area contributed by atoms with Crippen molar-refractivity contribution in [1.29, 1.82) is 0 Å². The molecule has 0 N–H and O–H groups in total. The predicted octanol–water partition coefficient (Wildman–Crippen LogP) is 3.42. The fourth-order valence-electron chi connectivity index (χ4n) is 2.44. The molecule has 122 valence electrons. The number of pyridine rings is 1. The van der Waals surface area contributed by atoms with Crippen molar-refractivity contribution < 1.29 is 14.3 Å². The van der Waals surface area contributed by atoms with Gasteiger partial charge in [0.2, 0.25) is 0 Å². The molecule has 0 bridgehead atoms. The largest absolute Gasteiger partial charge is 0.444 e. The average molecular weight is 306 g/mol. The second-order valence-corrected chi connectivity index (χ2v) is 6.81. The van der Waals surface area contributed by atoms with Crippen LogP contribution in [0.2, 0.25) is 0 Å². The molecule has 0 radical (unpaired) electrons. The SMILES string of the molecule is C[C@H](OC[C@H]1CCN(C(=O)OC(C)(C)C)C1)c1ccccn1. The molecule has 1 aromatic rings. The van der Waals surface area contributed by atoms with Crippen molar-refractivity contribution in [1.82, 2.24) is 9.88 Å². The van der Waals surface area contributed by atoms with Crippen LogP contribution in [0.1, 0.15) is 45.9 Å². The van der Waals surface area contributed by atoms with Crippen LogP contribution in [0.4, 0.5) is 4.79 Å². The van der Waals surface area contributed by atoms with Gasteiger partial charge in [0.25, 0.3) is 0 Å². The lowest BCUT2D eigenvalue weighted by atomic mass is 10.1. The Bertz CT molecular complexity index is 484. The van der Waals surface area contributed by atoms with Crippen molar-refractivity contribution in [3.63, 3.8) is 0 Å². The molecule has 5 nitrogen and oxygen atoms in total. The highest BCUT2D eigenvalue weighted by Crippen LogP contribution is 2.22. The molecule has 0 aliphatic carbocycles. The van der Waals surface area contributed by atoms with Crippen LogP contribution in [0.5, 0.6) is 0 Å². The van der Waals surface area contributed by atoms with Gasteiger partial charge < -0.3 is 14.4 Å². The number of hydrogen-bond donors (Lipinski definition) is 0. The molecule has 0 unspecified atom stereocenters. The molecule has 5 heteroatoms. The first-order valence-electron chi connectivity index (χ1n) is 7.85. The Labute approximate surface area is 132 Å². The number of likely N-dealkylation sites (tertiary alicyclic amines) is 1. The van der Waals surface area contributed by atoms with Gasteiger partial charge in [0.1, 0.15) is 5.60 Å². The lowest BCUT2D eigenvalue weighted by molar-refractivity contribution is 0.0228. The molecule has 1 amide bonds. The van der Waals surface area contributed by atoms with Crippen LogP contribution < -0.4 is 0 Å². The summed E-state index contributed by atoms with van der Waals surface area (Å²) < 4.78 is 11.3. The van der Waals surface area contributed by atoms with Crippen LogP contribution in [0.3, 0.4) is 0 Å². The highest BCUT2D eigenvalue weighted by Gasteiger charge is 2.30. The number of carbonyl (C=O) groups is 1. The molecule has 2 rings (SSSR count). The van der Waals surface area contributed by atoms with Crippen LogP contribution >= 0.6 is 0 Å². The summed E-state index contributed by atoms with van der Waals surface area (Å²) >= 11 is 0. The van der Waals surface area contributed by atoms with E-state index in [4.69, 9.17) is 9.47 Å². The molecule has 2 atom stereocenters. The first-order valence-corrected chi connectivity index (χ1v) is 7.85. The van der Waals surface area contributed by atoms with Gasteiger partial charge in [-0.15, -0.1) is 0 Å². The van der Waals surface area contributed by atoms with Crippen LogP contribution in [0, 0.1) is 5.92 Å². The van der Waals surface area contributed by atoms with E-state index in [9.17, 15) is 4.79 Å². The summed E-state index contributed by atoms with van der Waals surface area (Å²) in [4.78, 5) is 18.1. The van der Waals surface area contributed by atoms with Crippen molar-refractivity contribution in [2.75, 3.05) is 19.7 Å². The quantitative estimate of drug-likeness (QED) is 0.855. The van der Waals surface area contributed by atoms with E-state index in [0.717, 1.165) is 18.7 Å². The standard InChI is InChI=1S/C17H26N2O3/c1-13(15-7-5-6-9-18-15)21-12-14-8-10-19(11-14)16(20)22-17(2,3)4/h5-7,9,13-14H,8,10-12H2,1-4H3/t13-,14-/m0/s1. The number of carbonyl (C=O) groups excluding carboxylic acids is 1. The van der Waals surface area contributed by atoms with Crippen LogP contribution in [-0.4, -0.2) is 41.3 Å². The lowest BCUT2D eigenvalue weighted by Crippen LogP contribution is -2.35. The maximum Gasteiger partial charge on any atom is 0.410 e. The van der Waals surface area contributed by atoms with Gasteiger partial charge in [-0.2, -0.15) is 0 Å². The monoisotopic (exact) mass is 306 g/mol. The Hall–Kier alpha value is -1.62. The fraction of sp³-hybridized carbons (Fsp3) is 0.647. The number of rotatable bonds is 4. The molecular formula is C17H26N2O3. The van der Waals surface area contributed by atoms with E-state index >= 15 is 0 Å². The van der Waals surface area contributed by atoms with E-state index < -0.39 is 5.60 Å². The first-order chi connectivity index (χ1) is 10.3. The summed E-state index contributed by atoms with van der Waals surface area (Å²) in [7, 11) is 0. The number of amides is 1. The summed E-state index contributed by atoms with van der Waals surface area (Å²) in [6.45, 7) is 9.73. The average Bonchev–Trinajstić information content (AvgIpc) is 2.93. The van der Waals surface area contributed by atoms with E-state index in [1.54, 1.807) is 11.1 Å². The van der Waals surface area contributed by atoms with Gasteiger partial charge in [-0.3, -0.25) is 4.98 Å². The molecular weight excluding hydrogens is 280 g/mol. The number of nitrogens with zero attached hydrogens (tertiary/aromatic N) is 2. The minimum Gasteiger partial charge on any atom is -0.444 e. The van der Waals surface area contributed by atoms with Crippen molar-refractivity contribution in [2.24, 2.45) is 5.92 Å². The lowest BCUT2D eigenvalue weighted by Gasteiger charge is -2.24. The molecule has 22 heavy (non-hydrogen) atoms. The number of ether oxygens (including phenoxy) is 2. The normalized spacial score (nSPS) is 20.0. The maximum absolute atomic E-state index is 12.0. The summed E-state index contributed by atoms with van der Waals surface area (Å²) in [6, 6.07) is 5.82. The van der Waals surface area contributed by atoms with Gasteiger partial charge >= 0.3 is 6.09 Å². The Morgan fingerprint density at radius 2 is 2.23 bits per heavy atom. The summed E-state index contributed by atoms with van der Waals surface area (Å²) in [6.07, 6.45) is 2.47. The molecule has 0 aromatic carbocycles. The smallest absolute Gasteiger partial charge is 0.410 e. The van der Waals surface area contributed by atoms with E-state index in [1.807, 2.05) is 45.9 Å². The second-order valence-electron chi connectivity index (χ2n) is 6.81. The van der Waals surface area contributed by atoms with E-state index in [1.165, 1.54) is 0 Å². The molecule has 1 aliphatic heterocycles. The Morgan fingerprint density at radius 3 is 2.86 bits per heavy atom. The van der Waals surface area contributed by atoms with E-state index in [0.29, 0.717) is 19.1 Å². The van der Waals surface area contributed by atoms with Crippen molar-refractivity contribution >= 4 is 6.09 Å². The third kappa shape index (κ3) is 4.98. The molecule has 2 heterocycles. The molecule has 1 fully saturated rings. The molecule has 1 aliphatic rings. The molecule has 0 saturated carbocycles. The van der Waals surface area contributed by atoms with Gasteiger partial charge in [-0.05, 0) is 46.2 Å². The van der Waals surface area contributed by atoms with Crippen LogP contribution in [0.15, 0.2) is 24.4 Å². The van der Waals surface area contributed by atoms with Gasteiger partial charge in [0, 0.05) is 25.2 Å². The van der Waals surface area contributed by atoms with Crippen LogP contribution in [-0.2, 0) is 9.47 Å². The maximum atomic E-state index is 12.0. The molecule has 0 spiro atoms. The Kier molecular flexibility index (Phi) is 5.40. The minimum absolute atomic E-state index is 0.0308. The van der Waals surface area contributed by atoms with E-state index in [2.05, 4.69) is 4.98 Å². The van der Waals surface area contributed by atoms with Crippen molar-refractivity contribution in [3.8, 4) is 0 Å². The number of aromatic nitrogens is 1. The Morgan fingerprint density at radius 1 is 1.45 bits per heavy atom. The zero-order valence-corrected chi connectivity index (χ0v) is 13.9. The Balaban J connectivity index is 1.76. The highest BCUT2D eigenvalue weighted by molar-refractivity contribution is 5.68. The zero-order valence-electron chi connectivity index (χ0n) is 13.9. The topological polar surface area (TPSA) is 51.7 Å².